The minimum Gasteiger partial charge on any atom is -0.354 e. The van der Waals surface area contributed by atoms with E-state index in [1.54, 1.807) is 37.1 Å². The minimum absolute atomic E-state index is 0.0767. The Morgan fingerprint density at radius 3 is 2.40 bits per heavy atom. The maximum absolute atomic E-state index is 13.4. The Kier molecular flexibility index (Phi) is 7.30. The van der Waals surface area contributed by atoms with Crippen LogP contribution in [0.2, 0.25) is 0 Å². The molecule has 186 valence electrons. The molecule has 0 aliphatic carbocycles. The number of nitrogens with zero attached hydrogens (tertiary/aromatic N) is 7. The first-order valence-electron chi connectivity index (χ1n) is 12.1. The smallest absolute Gasteiger partial charge is 0.265 e. The Morgan fingerprint density at radius 2 is 1.80 bits per heavy atom. The molecule has 35 heavy (non-hydrogen) atoms. The Hall–Kier alpha value is -3.53. The first-order valence-corrected chi connectivity index (χ1v) is 12.1. The maximum atomic E-state index is 13.4. The summed E-state index contributed by atoms with van der Waals surface area (Å²) >= 11 is 0. The number of fused-ring (bicyclic) bond motifs is 1. The Labute approximate surface area is 205 Å². The van der Waals surface area contributed by atoms with Crippen molar-refractivity contribution in [2.45, 2.75) is 32.7 Å². The van der Waals surface area contributed by atoms with Gasteiger partial charge in [-0.15, -0.1) is 0 Å². The average Bonchev–Trinajstić information content (AvgIpc) is 2.86. The van der Waals surface area contributed by atoms with Crippen LogP contribution in [0.25, 0.3) is 11.0 Å². The molecule has 1 fully saturated rings. The molecule has 1 aliphatic rings. The fourth-order valence-corrected chi connectivity index (χ4v) is 4.38. The molecule has 0 unspecified atom stereocenters. The van der Waals surface area contributed by atoms with Crippen molar-refractivity contribution in [3.8, 4) is 0 Å². The summed E-state index contributed by atoms with van der Waals surface area (Å²) in [5, 5.41) is 3.86. The maximum Gasteiger partial charge on any atom is 0.265 e. The lowest BCUT2D eigenvalue weighted by Gasteiger charge is -2.33. The zero-order valence-corrected chi connectivity index (χ0v) is 21.2. The molecular weight excluding hydrogens is 444 g/mol. The average molecular weight is 479 g/mol. The van der Waals surface area contributed by atoms with Crippen LogP contribution in [-0.2, 0) is 0 Å². The molecule has 1 aliphatic heterocycles. The van der Waals surface area contributed by atoms with E-state index in [2.05, 4.69) is 37.1 Å². The first kappa shape index (κ1) is 24.6. The summed E-state index contributed by atoms with van der Waals surface area (Å²) in [5.41, 5.74) is 1.08. The molecule has 1 amide bonds. The molecule has 0 atom stereocenters. The third-order valence-electron chi connectivity index (χ3n) is 6.55. The van der Waals surface area contributed by atoms with Crippen molar-refractivity contribution < 1.29 is 4.79 Å². The zero-order chi connectivity index (χ0) is 25.1. The van der Waals surface area contributed by atoms with Gasteiger partial charge in [-0.2, -0.15) is 4.98 Å². The van der Waals surface area contributed by atoms with Crippen molar-refractivity contribution in [2.24, 2.45) is 0 Å². The summed E-state index contributed by atoms with van der Waals surface area (Å²) in [4.78, 5) is 45.8. The molecule has 0 radical (unpaired) electrons. The SMILES string of the molecule is CCC(CC)n1c(=O)c(C(=O)N(C)C)cc2cnc(Nc3ccc(N4CCN(C)CC4)nc3)nc21. The summed E-state index contributed by atoms with van der Waals surface area (Å²) in [5.74, 6) is 0.992. The van der Waals surface area contributed by atoms with Crippen molar-refractivity contribution in [3.05, 3.63) is 46.5 Å². The second-order valence-corrected chi connectivity index (χ2v) is 9.20. The highest BCUT2D eigenvalue weighted by Gasteiger charge is 2.22. The number of aromatic nitrogens is 4. The fourth-order valence-electron chi connectivity index (χ4n) is 4.38. The molecule has 4 heterocycles. The lowest BCUT2D eigenvalue weighted by Crippen LogP contribution is -2.44. The van der Waals surface area contributed by atoms with E-state index in [0.717, 1.165) is 50.5 Å². The number of hydrogen-bond acceptors (Lipinski definition) is 8. The largest absolute Gasteiger partial charge is 0.354 e. The van der Waals surface area contributed by atoms with Crippen LogP contribution in [0.3, 0.4) is 0 Å². The van der Waals surface area contributed by atoms with E-state index in [4.69, 9.17) is 0 Å². The Morgan fingerprint density at radius 1 is 1.09 bits per heavy atom. The van der Waals surface area contributed by atoms with Gasteiger partial charge in [0.1, 0.15) is 17.0 Å². The number of piperazine rings is 1. The molecule has 10 heteroatoms. The van der Waals surface area contributed by atoms with Gasteiger partial charge in [0.2, 0.25) is 5.95 Å². The molecule has 4 rings (SSSR count). The standard InChI is InChI=1S/C25H34N8O2/c1-6-19(7-2)33-22-17(14-20(24(33)35)23(34)30(3)4)15-27-25(29-22)28-18-8-9-21(26-16-18)32-12-10-31(5)11-13-32/h8-9,14-16,19H,6-7,10-13H2,1-5H3,(H,27,28,29). The highest BCUT2D eigenvalue weighted by Crippen LogP contribution is 2.23. The molecular formula is C25H34N8O2. The van der Waals surface area contributed by atoms with Crippen LogP contribution in [0.4, 0.5) is 17.5 Å². The second-order valence-electron chi connectivity index (χ2n) is 9.20. The van der Waals surface area contributed by atoms with Crippen molar-refractivity contribution in [3.63, 3.8) is 0 Å². The number of amides is 1. The summed E-state index contributed by atoms with van der Waals surface area (Å²) in [6.07, 6.45) is 4.92. The highest BCUT2D eigenvalue weighted by atomic mass is 16.2. The Bertz CT molecular complexity index is 1240. The van der Waals surface area contributed by atoms with Gasteiger partial charge >= 0.3 is 0 Å². The molecule has 1 saturated heterocycles. The van der Waals surface area contributed by atoms with E-state index < -0.39 is 0 Å². The summed E-state index contributed by atoms with van der Waals surface area (Å²) in [6.45, 7) is 8.01. The van der Waals surface area contributed by atoms with Gasteiger partial charge in [0.25, 0.3) is 11.5 Å². The van der Waals surface area contributed by atoms with Crippen molar-refractivity contribution in [1.29, 1.82) is 0 Å². The molecule has 3 aromatic heterocycles. The zero-order valence-electron chi connectivity index (χ0n) is 21.2. The topological polar surface area (TPSA) is 99.5 Å². The van der Waals surface area contributed by atoms with Crippen LogP contribution in [0.1, 0.15) is 43.1 Å². The van der Waals surface area contributed by atoms with E-state index in [9.17, 15) is 9.59 Å². The second kappa shape index (κ2) is 10.4. The van der Waals surface area contributed by atoms with Crippen molar-refractivity contribution in [1.82, 2.24) is 29.3 Å². The van der Waals surface area contributed by atoms with E-state index in [0.29, 0.717) is 17.0 Å². The monoisotopic (exact) mass is 478 g/mol. The van der Waals surface area contributed by atoms with Gasteiger partial charge in [0.15, 0.2) is 0 Å². The normalized spacial score (nSPS) is 14.5. The van der Waals surface area contributed by atoms with Crippen molar-refractivity contribution >= 4 is 34.4 Å². The van der Waals surface area contributed by atoms with Gasteiger partial charge < -0.3 is 20.0 Å². The summed E-state index contributed by atoms with van der Waals surface area (Å²) in [7, 11) is 5.41. The summed E-state index contributed by atoms with van der Waals surface area (Å²) < 4.78 is 1.65. The number of anilines is 3. The lowest BCUT2D eigenvalue weighted by atomic mass is 10.1. The molecule has 3 aromatic rings. The van der Waals surface area contributed by atoms with Gasteiger partial charge in [-0.3, -0.25) is 14.2 Å². The third-order valence-corrected chi connectivity index (χ3v) is 6.55. The van der Waals surface area contributed by atoms with E-state index in [-0.39, 0.29) is 23.1 Å². The van der Waals surface area contributed by atoms with Crippen LogP contribution in [-0.4, -0.2) is 82.5 Å². The number of pyridine rings is 2. The van der Waals surface area contributed by atoms with Crippen molar-refractivity contribution in [2.75, 3.05) is 57.5 Å². The van der Waals surface area contributed by atoms with Gasteiger partial charge in [-0.25, -0.2) is 9.97 Å². The van der Waals surface area contributed by atoms with E-state index >= 15 is 0 Å². The van der Waals surface area contributed by atoms with Crippen LogP contribution >= 0.6 is 0 Å². The Balaban J connectivity index is 1.67. The van der Waals surface area contributed by atoms with Gasteiger partial charge in [0.05, 0.1) is 11.9 Å². The molecule has 0 aromatic carbocycles. The summed E-state index contributed by atoms with van der Waals surface area (Å²) in [6, 6.07) is 5.47. The molecule has 0 saturated carbocycles. The number of rotatable bonds is 7. The number of likely N-dealkylation sites (N-methyl/N-ethyl adjacent to an activating group) is 1. The first-order chi connectivity index (χ1) is 16.8. The quantitative estimate of drug-likeness (QED) is 0.553. The van der Waals surface area contributed by atoms with Gasteiger partial charge in [0, 0.05) is 57.9 Å². The third kappa shape index (κ3) is 5.12. The van der Waals surface area contributed by atoms with Gasteiger partial charge in [-0.1, -0.05) is 13.8 Å². The number of nitrogens with one attached hydrogen (secondary N) is 1. The van der Waals surface area contributed by atoms with E-state index in [1.165, 1.54) is 4.90 Å². The molecule has 0 spiro atoms. The molecule has 1 N–H and O–H groups in total. The number of carbonyl (C=O) groups excluding carboxylic acids is 1. The highest BCUT2D eigenvalue weighted by molar-refractivity contribution is 5.96. The van der Waals surface area contributed by atoms with Crippen LogP contribution in [0.5, 0.6) is 0 Å². The van der Waals surface area contributed by atoms with Crippen LogP contribution in [0.15, 0.2) is 35.4 Å². The van der Waals surface area contributed by atoms with Crippen LogP contribution < -0.4 is 15.8 Å². The van der Waals surface area contributed by atoms with E-state index in [1.807, 2.05) is 26.0 Å². The predicted molar refractivity (Wildman–Crippen MR) is 139 cm³/mol. The lowest BCUT2D eigenvalue weighted by molar-refractivity contribution is 0.0825. The molecule has 0 bridgehead atoms. The number of carbonyl (C=O) groups is 1. The minimum atomic E-state index is -0.328. The van der Waals surface area contributed by atoms with Gasteiger partial charge in [-0.05, 0) is 38.1 Å². The fraction of sp³-hybridized carbons (Fsp3) is 0.480. The van der Waals surface area contributed by atoms with Crippen LogP contribution in [0, 0.1) is 0 Å². The molecule has 10 nitrogen and oxygen atoms in total. The predicted octanol–water partition coefficient (Wildman–Crippen LogP) is 2.74. The number of hydrogen-bond donors (Lipinski definition) is 1.